The van der Waals surface area contributed by atoms with Crippen LogP contribution in [-0.4, -0.2) is 23.5 Å². The lowest BCUT2D eigenvalue weighted by Gasteiger charge is -2.37. The minimum absolute atomic E-state index is 0.662. The Morgan fingerprint density at radius 2 is 1.86 bits per heavy atom. The van der Waals surface area contributed by atoms with E-state index >= 15 is 0 Å². The average molecular weight is 195 g/mol. The highest BCUT2D eigenvalue weighted by Gasteiger charge is 2.22. The van der Waals surface area contributed by atoms with Crippen molar-refractivity contribution in [2.75, 3.05) is 6.54 Å². The van der Waals surface area contributed by atoms with Crippen LogP contribution in [0, 0.1) is 0 Å². The Kier molecular flexibility index (Phi) is 4.67. The minimum atomic E-state index is 0.662. The number of rotatable bonds is 4. The largest absolute Gasteiger partial charge is 0.294 e. The standard InChI is InChI=1S/C13H25N/c1-11(2)10-14(12(3)4)13-8-6-5-7-9-13/h12-13H,1,5-10H2,2-4H3. The van der Waals surface area contributed by atoms with Crippen LogP contribution in [-0.2, 0) is 0 Å². The van der Waals surface area contributed by atoms with E-state index in [0.717, 1.165) is 12.6 Å². The maximum atomic E-state index is 4.03. The van der Waals surface area contributed by atoms with Gasteiger partial charge in [-0.25, -0.2) is 0 Å². The van der Waals surface area contributed by atoms with E-state index in [2.05, 4.69) is 32.3 Å². The topological polar surface area (TPSA) is 3.24 Å². The third-order valence-electron chi connectivity index (χ3n) is 3.16. The van der Waals surface area contributed by atoms with Crippen molar-refractivity contribution in [1.82, 2.24) is 4.90 Å². The van der Waals surface area contributed by atoms with Gasteiger partial charge in [-0.3, -0.25) is 4.90 Å². The molecule has 1 rings (SSSR count). The molecule has 0 bridgehead atoms. The van der Waals surface area contributed by atoms with Crippen LogP contribution < -0.4 is 0 Å². The average Bonchev–Trinajstić information content (AvgIpc) is 2.15. The molecule has 1 heteroatoms. The summed E-state index contributed by atoms with van der Waals surface area (Å²) in [6, 6.07) is 1.48. The van der Waals surface area contributed by atoms with Gasteiger partial charge in [-0.1, -0.05) is 31.4 Å². The van der Waals surface area contributed by atoms with E-state index in [-0.39, 0.29) is 0 Å². The van der Waals surface area contributed by atoms with E-state index in [9.17, 15) is 0 Å². The van der Waals surface area contributed by atoms with Gasteiger partial charge in [0.05, 0.1) is 0 Å². The van der Waals surface area contributed by atoms with E-state index in [0.29, 0.717) is 6.04 Å². The Labute approximate surface area is 89.2 Å². The minimum Gasteiger partial charge on any atom is -0.294 e. The molecule has 0 saturated heterocycles. The van der Waals surface area contributed by atoms with E-state index in [1.54, 1.807) is 0 Å². The van der Waals surface area contributed by atoms with Crippen molar-refractivity contribution in [3.63, 3.8) is 0 Å². The fourth-order valence-corrected chi connectivity index (χ4v) is 2.46. The molecular formula is C13H25N. The maximum absolute atomic E-state index is 4.03. The van der Waals surface area contributed by atoms with Crippen LogP contribution in [0.25, 0.3) is 0 Å². The molecule has 0 aliphatic heterocycles. The molecule has 0 aromatic carbocycles. The molecule has 1 fully saturated rings. The Bertz CT molecular complexity index is 178. The summed E-state index contributed by atoms with van der Waals surface area (Å²) in [5, 5.41) is 0. The summed E-state index contributed by atoms with van der Waals surface area (Å²) in [4.78, 5) is 2.63. The molecule has 0 spiro atoms. The fourth-order valence-electron chi connectivity index (χ4n) is 2.46. The molecule has 1 saturated carbocycles. The normalized spacial score (nSPS) is 19.2. The maximum Gasteiger partial charge on any atom is 0.0193 e. The van der Waals surface area contributed by atoms with Crippen molar-refractivity contribution in [1.29, 1.82) is 0 Å². The monoisotopic (exact) mass is 195 g/mol. The number of hydrogen-bond donors (Lipinski definition) is 0. The third kappa shape index (κ3) is 3.45. The van der Waals surface area contributed by atoms with Crippen LogP contribution in [0.5, 0.6) is 0 Å². The third-order valence-corrected chi connectivity index (χ3v) is 3.16. The molecule has 0 unspecified atom stereocenters. The van der Waals surface area contributed by atoms with Crippen LogP contribution in [0.1, 0.15) is 52.9 Å². The van der Waals surface area contributed by atoms with Gasteiger partial charge in [-0.15, -0.1) is 0 Å². The van der Waals surface area contributed by atoms with Crippen molar-refractivity contribution in [3.8, 4) is 0 Å². The highest BCUT2D eigenvalue weighted by Crippen LogP contribution is 2.24. The SMILES string of the molecule is C=C(C)CN(C(C)C)C1CCCCC1. The molecule has 0 N–H and O–H groups in total. The summed E-state index contributed by atoms with van der Waals surface area (Å²) < 4.78 is 0. The zero-order valence-electron chi connectivity index (χ0n) is 10.1. The lowest BCUT2D eigenvalue weighted by Crippen LogP contribution is -2.42. The van der Waals surface area contributed by atoms with Crippen LogP contribution in [0.3, 0.4) is 0 Å². The lowest BCUT2D eigenvalue weighted by molar-refractivity contribution is 0.133. The zero-order chi connectivity index (χ0) is 10.6. The summed E-state index contributed by atoms with van der Waals surface area (Å²) in [6.07, 6.45) is 7.07. The Balaban J connectivity index is 2.51. The van der Waals surface area contributed by atoms with Gasteiger partial charge in [0, 0.05) is 18.6 Å². The van der Waals surface area contributed by atoms with E-state index in [1.807, 2.05) is 0 Å². The van der Waals surface area contributed by atoms with Gasteiger partial charge >= 0.3 is 0 Å². The molecule has 1 aliphatic rings. The quantitative estimate of drug-likeness (QED) is 0.619. The van der Waals surface area contributed by atoms with Crippen LogP contribution in [0.2, 0.25) is 0 Å². The summed E-state index contributed by atoms with van der Waals surface area (Å²) in [6.45, 7) is 11.9. The highest BCUT2D eigenvalue weighted by atomic mass is 15.2. The molecule has 0 amide bonds. The van der Waals surface area contributed by atoms with Crippen LogP contribution >= 0.6 is 0 Å². The van der Waals surface area contributed by atoms with Gasteiger partial charge in [0.15, 0.2) is 0 Å². The van der Waals surface area contributed by atoms with Gasteiger partial charge in [0.2, 0.25) is 0 Å². The molecule has 0 heterocycles. The van der Waals surface area contributed by atoms with Gasteiger partial charge in [-0.05, 0) is 33.6 Å². The van der Waals surface area contributed by atoms with Crippen molar-refractivity contribution >= 4 is 0 Å². The molecule has 1 nitrogen and oxygen atoms in total. The molecular weight excluding hydrogens is 170 g/mol. The predicted molar refractivity (Wildman–Crippen MR) is 63.5 cm³/mol. The Hall–Kier alpha value is -0.300. The first-order valence-corrected chi connectivity index (χ1v) is 6.01. The number of hydrogen-bond acceptors (Lipinski definition) is 1. The highest BCUT2D eigenvalue weighted by molar-refractivity contribution is 4.94. The Morgan fingerprint density at radius 1 is 1.29 bits per heavy atom. The first kappa shape index (κ1) is 11.8. The van der Waals surface area contributed by atoms with E-state index in [4.69, 9.17) is 0 Å². The fraction of sp³-hybridized carbons (Fsp3) is 0.846. The second kappa shape index (κ2) is 5.55. The van der Waals surface area contributed by atoms with Gasteiger partial charge in [0.25, 0.3) is 0 Å². The molecule has 82 valence electrons. The van der Waals surface area contributed by atoms with Crippen molar-refractivity contribution < 1.29 is 0 Å². The molecule has 0 atom stereocenters. The van der Waals surface area contributed by atoms with Crippen molar-refractivity contribution in [2.45, 2.75) is 65.0 Å². The summed E-state index contributed by atoms with van der Waals surface area (Å²) in [7, 11) is 0. The second-order valence-corrected chi connectivity index (χ2v) is 5.02. The van der Waals surface area contributed by atoms with Crippen molar-refractivity contribution in [2.24, 2.45) is 0 Å². The summed E-state index contributed by atoms with van der Waals surface area (Å²) in [5.41, 5.74) is 1.30. The zero-order valence-corrected chi connectivity index (χ0v) is 10.1. The van der Waals surface area contributed by atoms with Gasteiger partial charge < -0.3 is 0 Å². The second-order valence-electron chi connectivity index (χ2n) is 5.02. The summed E-state index contributed by atoms with van der Waals surface area (Å²) >= 11 is 0. The first-order valence-electron chi connectivity index (χ1n) is 6.01. The number of nitrogens with zero attached hydrogens (tertiary/aromatic N) is 1. The predicted octanol–water partition coefficient (Wildman–Crippen LogP) is 3.61. The smallest absolute Gasteiger partial charge is 0.0193 e. The molecule has 0 aromatic rings. The molecule has 0 aromatic heterocycles. The van der Waals surface area contributed by atoms with Gasteiger partial charge in [0.1, 0.15) is 0 Å². The van der Waals surface area contributed by atoms with Crippen LogP contribution in [0.15, 0.2) is 12.2 Å². The molecule has 14 heavy (non-hydrogen) atoms. The first-order chi connectivity index (χ1) is 6.61. The summed E-state index contributed by atoms with van der Waals surface area (Å²) in [5.74, 6) is 0. The van der Waals surface area contributed by atoms with Crippen molar-refractivity contribution in [3.05, 3.63) is 12.2 Å². The lowest BCUT2D eigenvalue weighted by atomic mass is 9.93. The molecule has 1 aliphatic carbocycles. The molecule has 0 radical (unpaired) electrons. The Morgan fingerprint density at radius 3 is 2.29 bits per heavy atom. The van der Waals surface area contributed by atoms with E-state index in [1.165, 1.54) is 37.7 Å². The van der Waals surface area contributed by atoms with Crippen LogP contribution in [0.4, 0.5) is 0 Å². The van der Waals surface area contributed by atoms with Gasteiger partial charge in [-0.2, -0.15) is 0 Å². The van der Waals surface area contributed by atoms with E-state index < -0.39 is 0 Å².